The van der Waals surface area contributed by atoms with E-state index in [1.807, 2.05) is 13.0 Å². The first kappa shape index (κ1) is 14.6. The van der Waals surface area contributed by atoms with E-state index in [9.17, 15) is 8.78 Å². The number of rotatable bonds is 1. The van der Waals surface area contributed by atoms with Gasteiger partial charge in [0.25, 0.3) is 0 Å². The van der Waals surface area contributed by atoms with Crippen LogP contribution in [0.4, 0.5) is 8.78 Å². The first-order chi connectivity index (χ1) is 9.47. The number of hydrogen-bond donors (Lipinski definition) is 0. The smallest absolute Gasteiger partial charge is 0.135 e. The Morgan fingerprint density at radius 3 is 2.20 bits per heavy atom. The monoisotopic (exact) mass is 275 g/mol. The molecule has 0 spiro atoms. The first-order valence-electron chi connectivity index (χ1n) is 6.85. The highest BCUT2D eigenvalue weighted by atomic mass is 19.1. The molecule has 20 heavy (non-hydrogen) atoms. The van der Waals surface area contributed by atoms with Gasteiger partial charge in [-0.1, -0.05) is 13.8 Å². The molecule has 1 nitrogen and oxygen atoms in total. The van der Waals surface area contributed by atoms with Gasteiger partial charge in [0.05, 0.1) is 5.69 Å². The largest absolute Gasteiger partial charge is 0.256 e. The SMILES string of the molecule is CC1C[C@@H]1C.Cc1ccnc(-c2ccc(F)cc2F)c1. The quantitative estimate of drug-likeness (QED) is 0.714. The number of hydrogen-bond acceptors (Lipinski definition) is 1. The second-order valence-electron chi connectivity index (χ2n) is 5.53. The lowest BCUT2D eigenvalue weighted by Crippen LogP contribution is -1.89. The summed E-state index contributed by atoms with van der Waals surface area (Å²) in [5, 5.41) is 0. The zero-order valence-electron chi connectivity index (χ0n) is 12.0. The van der Waals surface area contributed by atoms with Gasteiger partial charge >= 0.3 is 0 Å². The molecule has 0 aliphatic heterocycles. The Morgan fingerprint density at radius 2 is 1.70 bits per heavy atom. The van der Waals surface area contributed by atoms with E-state index < -0.39 is 11.6 Å². The van der Waals surface area contributed by atoms with Crippen molar-refractivity contribution in [1.82, 2.24) is 4.98 Å². The van der Waals surface area contributed by atoms with Crippen LogP contribution in [-0.2, 0) is 0 Å². The van der Waals surface area contributed by atoms with Gasteiger partial charge in [0.1, 0.15) is 11.6 Å². The Balaban J connectivity index is 0.000000247. The average Bonchev–Trinajstić information content (AvgIpc) is 3.03. The maximum Gasteiger partial charge on any atom is 0.135 e. The van der Waals surface area contributed by atoms with Crippen molar-refractivity contribution in [3.05, 3.63) is 53.7 Å². The lowest BCUT2D eigenvalue weighted by molar-refractivity contribution is 0.585. The van der Waals surface area contributed by atoms with Crippen LogP contribution in [0.15, 0.2) is 36.5 Å². The Labute approximate surface area is 118 Å². The van der Waals surface area contributed by atoms with E-state index >= 15 is 0 Å². The minimum Gasteiger partial charge on any atom is -0.256 e. The molecule has 1 saturated carbocycles. The zero-order chi connectivity index (χ0) is 14.7. The van der Waals surface area contributed by atoms with Crippen molar-refractivity contribution < 1.29 is 8.78 Å². The summed E-state index contributed by atoms with van der Waals surface area (Å²) in [4.78, 5) is 4.04. The van der Waals surface area contributed by atoms with Crippen LogP contribution in [0.5, 0.6) is 0 Å². The normalized spacial score (nSPS) is 20.1. The predicted molar refractivity (Wildman–Crippen MR) is 77.3 cm³/mol. The van der Waals surface area contributed by atoms with E-state index in [4.69, 9.17) is 0 Å². The predicted octanol–water partition coefficient (Wildman–Crippen LogP) is 5.00. The standard InChI is InChI=1S/C12H9F2N.C5H10/c1-8-4-5-15-12(6-8)10-3-2-9(13)7-11(10)14;1-4-3-5(4)2/h2-7H,1H3;4-5H,3H2,1-2H3/t;4-,5?/m.0/s1. The molecule has 3 heteroatoms. The summed E-state index contributed by atoms with van der Waals surface area (Å²) in [6.07, 6.45) is 3.08. The molecule has 0 amide bonds. The summed E-state index contributed by atoms with van der Waals surface area (Å²) in [6, 6.07) is 7.06. The molecule has 0 saturated heterocycles. The van der Waals surface area contributed by atoms with Crippen molar-refractivity contribution in [1.29, 1.82) is 0 Å². The second kappa shape index (κ2) is 6.12. The topological polar surface area (TPSA) is 12.9 Å². The van der Waals surface area contributed by atoms with Crippen LogP contribution in [0, 0.1) is 30.4 Å². The Kier molecular flexibility index (Phi) is 4.48. The first-order valence-corrected chi connectivity index (χ1v) is 6.85. The number of pyridine rings is 1. The zero-order valence-corrected chi connectivity index (χ0v) is 12.0. The minimum atomic E-state index is -0.590. The summed E-state index contributed by atoms with van der Waals surface area (Å²) in [6.45, 7) is 6.49. The van der Waals surface area contributed by atoms with Gasteiger partial charge in [-0.3, -0.25) is 4.98 Å². The molecule has 1 aromatic heterocycles. The van der Waals surface area contributed by atoms with Crippen LogP contribution < -0.4 is 0 Å². The highest BCUT2D eigenvalue weighted by Gasteiger charge is 2.26. The summed E-state index contributed by atoms with van der Waals surface area (Å²) >= 11 is 0. The third-order valence-corrected chi connectivity index (χ3v) is 3.63. The van der Waals surface area contributed by atoms with E-state index in [1.165, 1.54) is 18.6 Å². The molecule has 0 radical (unpaired) electrons. The third-order valence-electron chi connectivity index (χ3n) is 3.63. The van der Waals surface area contributed by atoms with Crippen LogP contribution >= 0.6 is 0 Å². The molecule has 3 rings (SSSR count). The Bertz CT molecular complexity index is 589. The molecular weight excluding hydrogens is 256 g/mol. The van der Waals surface area contributed by atoms with Gasteiger partial charge in [-0.2, -0.15) is 0 Å². The second-order valence-corrected chi connectivity index (χ2v) is 5.53. The van der Waals surface area contributed by atoms with Crippen molar-refractivity contribution in [2.75, 3.05) is 0 Å². The molecule has 1 unspecified atom stereocenters. The number of benzene rings is 1. The van der Waals surface area contributed by atoms with E-state index in [2.05, 4.69) is 18.8 Å². The summed E-state index contributed by atoms with van der Waals surface area (Å²) in [7, 11) is 0. The van der Waals surface area contributed by atoms with Gasteiger partial charge in [0.15, 0.2) is 0 Å². The maximum atomic E-state index is 13.4. The number of halogens is 2. The van der Waals surface area contributed by atoms with Crippen LogP contribution in [0.25, 0.3) is 11.3 Å². The molecule has 1 heterocycles. The molecule has 106 valence electrons. The van der Waals surface area contributed by atoms with Crippen LogP contribution in [0.2, 0.25) is 0 Å². The fraction of sp³-hybridized carbons (Fsp3) is 0.353. The van der Waals surface area contributed by atoms with Gasteiger partial charge in [0.2, 0.25) is 0 Å². The number of nitrogens with zero attached hydrogens (tertiary/aromatic N) is 1. The highest BCUT2D eigenvalue weighted by molar-refractivity contribution is 5.60. The fourth-order valence-corrected chi connectivity index (χ4v) is 1.89. The average molecular weight is 275 g/mol. The summed E-state index contributed by atoms with van der Waals surface area (Å²) in [5.74, 6) is 0.932. The third kappa shape index (κ3) is 3.86. The van der Waals surface area contributed by atoms with Crippen molar-refractivity contribution >= 4 is 0 Å². The lowest BCUT2D eigenvalue weighted by Gasteiger charge is -2.03. The lowest BCUT2D eigenvalue weighted by atomic mass is 10.1. The molecule has 1 aliphatic carbocycles. The van der Waals surface area contributed by atoms with Crippen molar-refractivity contribution in [3.8, 4) is 11.3 Å². The molecule has 2 atom stereocenters. The van der Waals surface area contributed by atoms with Crippen LogP contribution in [0.3, 0.4) is 0 Å². The van der Waals surface area contributed by atoms with Crippen molar-refractivity contribution in [3.63, 3.8) is 0 Å². The fourth-order valence-electron chi connectivity index (χ4n) is 1.89. The van der Waals surface area contributed by atoms with Gasteiger partial charge in [-0.05, 0) is 55.0 Å². The molecule has 0 bridgehead atoms. The summed E-state index contributed by atoms with van der Waals surface area (Å²) < 4.78 is 26.1. The number of aromatic nitrogens is 1. The van der Waals surface area contributed by atoms with E-state index in [-0.39, 0.29) is 0 Å². The maximum absolute atomic E-state index is 13.4. The van der Waals surface area contributed by atoms with Crippen molar-refractivity contribution in [2.45, 2.75) is 27.2 Å². The van der Waals surface area contributed by atoms with E-state index in [1.54, 1.807) is 12.3 Å². The summed E-state index contributed by atoms with van der Waals surface area (Å²) in [5.41, 5.74) is 1.83. The number of aryl methyl sites for hydroxylation is 1. The molecule has 1 aromatic carbocycles. The molecule has 1 fully saturated rings. The Hall–Kier alpha value is -1.77. The van der Waals surface area contributed by atoms with E-state index in [0.717, 1.165) is 23.5 Å². The van der Waals surface area contributed by atoms with Gasteiger partial charge in [-0.15, -0.1) is 0 Å². The van der Waals surface area contributed by atoms with Crippen molar-refractivity contribution in [2.24, 2.45) is 11.8 Å². The molecule has 0 N–H and O–H groups in total. The van der Waals surface area contributed by atoms with Crippen LogP contribution in [-0.4, -0.2) is 4.98 Å². The van der Waals surface area contributed by atoms with E-state index in [0.29, 0.717) is 11.3 Å². The van der Waals surface area contributed by atoms with Gasteiger partial charge in [0, 0.05) is 17.8 Å². The molecule has 1 aliphatic rings. The van der Waals surface area contributed by atoms with Crippen LogP contribution in [0.1, 0.15) is 25.8 Å². The molecule has 2 aromatic rings. The molecular formula is C17H19F2N. The van der Waals surface area contributed by atoms with Gasteiger partial charge in [-0.25, -0.2) is 8.78 Å². The Morgan fingerprint density at radius 1 is 1.05 bits per heavy atom. The highest BCUT2D eigenvalue weighted by Crippen LogP contribution is 2.36. The van der Waals surface area contributed by atoms with Gasteiger partial charge < -0.3 is 0 Å². The minimum absolute atomic E-state index is 0.320.